The highest BCUT2D eigenvalue weighted by molar-refractivity contribution is 6.45. The summed E-state index contributed by atoms with van der Waals surface area (Å²) in [5, 5.41) is 9.63. The predicted octanol–water partition coefficient (Wildman–Crippen LogP) is 2.68. The summed E-state index contributed by atoms with van der Waals surface area (Å²) in [6, 6.07) is 15.2. The molecule has 0 bridgehead atoms. The first-order valence-corrected chi connectivity index (χ1v) is 8.60. The van der Waals surface area contributed by atoms with Crippen LogP contribution in [0, 0.1) is 6.92 Å². The summed E-state index contributed by atoms with van der Waals surface area (Å²) in [4.78, 5) is 35.1. The molecular formula is C21H20N2O4. The Morgan fingerprint density at radius 3 is 2.37 bits per heavy atom. The van der Waals surface area contributed by atoms with Crippen LogP contribution in [0.5, 0.6) is 0 Å². The number of aliphatic carboxylic acids is 1. The number of hydrogen-bond donors (Lipinski definition) is 2. The lowest BCUT2D eigenvalue weighted by Crippen LogP contribution is -2.24. The Morgan fingerprint density at radius 2 is 1.74 bits per heavy atom. The molecule has 138 valence electrons. The highest BCUT2D eigenvalue weighted by Gasteiger charge is 2.25. The molecule has 6 heteroatoms. The van der Waals surface area contributed by atoms with Gasteiger partial charge in [-0.15, -0.1) is 0 Å². The van der Waals surface area contributed by atoms with Crippen molar-refractivity contribution in [3.63, 3.8) is 0 Å². The van der Waals surface area contributed by atoms with Gasteiger partial charge < -0.3 is 15.4 Å². The number of fused-ring (bicyclic) bond motifs is 1. The van der Waals surface area contributed by atoms with Crippen LogP contribution in [0.3, 0.4) is 0 Å². The van der Waals surface area contributed by atoms with Crippen molar-refractivity contribution in [3.05, 3.63) is 70.9 Å². The molecule has 6 nitrogen and oxygen atoms in total. The van der Waals surface area contributed by atoms with Gasteiger partial charge in [0.2, 0.25) is 0 Å². The number of aryl methyl sites for hydroxylation is 1. The van der Waals surface area contributed by atoms with Gasteiger partial charge in [0, 0.05) is 29.6 Å². The molecule has 1 amide bonds. The number of nitrogens with two attached hydrogens (primary N) is 1. The molecule has 0 unspecified atom stereocenters. The molecule has 1 aromatic heterocycles. The summed E-state index contributed by atoms with van der Waals surface area (Å²) < 4.78 is 1.96. The fourth-order valence-corrected chi connectivity index (χ4v) is 3.42. The largest absolute Gasteiger partial charge is 0.481 e. The summed E-state index contributed by atoms with van der Waals surface area (Å²) in [5.41, 5.74) is 8.71. The molecule has 0 atom stereocenters. The van der Waals surface area contributed by atoms with Crippen molar-refractivity contribution in [2.45, 2.75) is 26.3 Å². The Hall–Kier alpha value is -3.41. The second-order valence-corrected chi connectivity index (χ2v) is 6.43. The third-order valence-electron chi connectivity index (χ3n) is 4.68. The van der Waals surface area contributed by atoms with Gasteiger partial charge in [-0.05, 0) is 30.5 Å². The fraction of sp³-hybridized carbons (Fsp3) is 0.190. The maximum atomic E-state index is 12.5. The molecule has 0 spiro atoms. The van der Waals surface area contributed by atoms with E-state index in [1.54, 1.807) is 13.0 Å². The van der Waals surface area contributed by atoms with Crippen LogP contribution in [0.4, 0.5) is 0 Å². The van der Waals surface area contributed by atoms with Gasteiger partial charge in [-0.25, -0.2) is 0 Å². The molecule has 0 fully saturated rings. The van der Waals surface area contributed by atoms with Crippen LogP contribution in [0.1, 0.15) is 33.6 Å². The lowest BCUT2D eigenvalue weighted by Gasteiger charge is -2.09. The number of aromatic nitrogens is 1. The second-order valence-electron chi connectivity index (χ2n) is 6.43. The lowest BCUT2D eigenvalue weighted by molar-refractivity contribution is -0.137. The quantitative estimate of drug-likeness (QED) is 0.497. The minimum Gasteiger partial charge on any atom is -0.481 e. The zero-order valence-corrected chi connectivity index (χ0v) is 14.9. The molecule has 3 rings (SSSR count). The Kier molecular flexibility index (Phi) is 5.07. The van der Waals surface area contributed by atoms with Crippen molar-refractivity contribution in [1.82, 2.24) is 4.57 Å². The summed E-state index contributed by atoms with van der Waals surface area (Å²) in [7, 11) is 0. The topological polar surface area (TPSA) is 102 Å². The monoisotopic (exact) mass is 364 g/mol. The molecule has 0 saturated carbocycles. The maximum absolute atomic E-state index is 12.5. The third kappa shape index (κ3) is 3.60. The van der Waals surface area contributed by atoms with Crippen LogP contribution in [0.15, 0.2) is 48.5 Å². The SMILES string of the molecule is Cc1c(C(=O)C(N)=O)c2c(CCC(=O)O)cccc2n1Cc1ccccc1. The smallest absolute Gasteiger partial charge is 0.303 e. The molecule has 1 heterocycles. The highest BCUT2D eigenvalue weighted by atomic mass is 16.4. The number of benzene rings is 2. The van der Waals surface area contributed by atoms with E-state index in [1.807, 2.05) is 47.0 Å². The number of carbonyl (C=O) groups is 3. The van der Waals surface area contributed by atoms with Gasteiger partial charge >= 0.3 is 5.97 Å². The van der Waals surface area contributed by atoms with Crippen LogP contribution in [-0.2, 0) is 22.6 Å². The van der Waals surface area contributed by atoms with Crippen LogP contribution < -0.4 is 5.73 Å². The third-order valence-corrected chi connectivity index (χ3v) is 4.68. The first kappa shape index (κ1) is 18.4. The first-order chi connectivity index (χ1) is 12.9. The van der Waals surface area contributed by atoms with E-state index in [4.69, 9.17) is 10.8 Å². The molecule has 3 N–H and O–H groups in total. The van der Waals surface area contributed by atoms with Crippen LogP contribution >= 0.6 is 0 Å². The normalized spacial score (nSPS) is 10.9. The summed E-state index contributed by atoms with van der Waals surface area (Å²) in [5.74, 6) is -2.70. The Morgan fingerprint density at radius 1 is 1.04 bits per heavy atom. The van der Waals surface area contributed by atoms with Crippen molar-refractivity contribution < 1.29 is 19.5 Å². The van der Waals surface area contributed by atoms with Gasteiger partial charge in [-0.1, -0.05) is 42.5 Å². The van der Waals surface area contributed by atoms with E-state index in [9.17, 15) is 14.4 Å². The number of carbonyl (C=O) groups excluding carboxylic acids is 2. The van der Waals surface area contributed by atoms with Gasteiger partial charge in [0.25, 0.3) is 11.7 Å². The zero-order valence-electron chi connectivity index (χ0n) is 14.9. The summed E-state index contributed by atoms with van der Waals surface area (Å²) in [6.07, 6.45) is 0.201. The Labute approximate surface area is 156 Å². The number of ketones is 1. The van der Waals surface area contributed by atoms with Gasteiger partial charge in [0.15, 0.2) is 0 Å². The van der Waals surface area contributed by atoms with Crippen molar-refractivity contribution in [3.8, 4) is 0 Å². The lowest BCUT2D eigenvalue weighted by atomic mass is 9.98. The van der Waals surface area contributed by atoms with E-state index >= 15 is 0 Å². The molecule has 0 radical (unpaired) electrons. The van der Waals surface area contributed by atoms with Gasteiger partial charge in [0.05, 0.1) is 5.56 Å². The van der Waals surface area contributed by atoms with Crippen molar-refractivity contribution in [1.29, 1.82) is 0 Å². The number of carboxylic acid groups (broad SMARTS) is 1. The second kappa shape index (κ2) is 7.45. The highest BCUT2D eigenvalue weighted by Crippen LogP contribution is 2.31. The molecule has 0 saturated heterocycles. The van der Waals surface area contributed by atoms with E-state index in [2.05, 4.69) is 0 Å². The van der Waals surface area contributed by atoms with E-state index in [1.165, 1.54) is 0 Å². The number of Topliss-reactive ketones (excluding diaryl/α,β-unsaturated/α-hetero) is 1. The molecule has 0 aliphatic rings. The molecule has 3 aromatic rings. The molecule has 0 aliphatic carbocycles. The summed E-state index contributed by atoms with van der Waals surface area (Å²) >= 11 is 0. The fourth-order valence-electron chi connectivity index (χ4n) is 3.42. The van der Waals surface area contributed by atoms with E-state index < -0.39 is 17.7 Å². The number of nitrogens with zero attached hydrogens (tertiary/aromatic N) is 1. The van der Waals surface area contributed by atoms with Crippen molar-refractivity contribution >= 4 is 28.6 Å². The molecule has 0 aliphatic heterocycles. The van der Waals surface area contributed by atoms with Crippen LogP contribution in [-0.4, -0.2) is 27.3 Å². The minimum atomic E-state index is -1.02. The van der Waals surface area contributed by atoms with E-state index in [0.29, 0.717) is 17.6 Å². The standard InChI is InChI=1S/C21H20N2O4/c1-13-18(20(26)21(22)27)19-15(10-11-17(24)25)8-5-9-16(19)23(13)12-14-6-3-2-4-7-14/h2-9H,10-12H2,1H3,(H2,22,27)(H,24,25). The van der Waals surface area contributed by atoms with E-state index in [0.717, 1.165) is 16.6 Å². The zero-order chi connectivity index (χ0) is 19.6. The van der Waals surface area contributed by atoms with Gasteiger partial charge in [-0.3, -0.25) is 14.4 Å². The number of amides is 1. The average Bonchev–Trinajstić information content (AvgIpc) is 2.92. The number of hydrogen-bond acceptors (Lipinski definition) is 3. The van der Waals surface area contributed by atoms with Gasteiger partial charge in [0.1, 0.15) is 0 Å². The van der Waals surface area contributed by atoms with Crippen molar-refractivity contribution in [2.24, 2.45) is 5.73 Å². The molecule has 2 aromatic carbocycles. The van der Waals surface area contributed by atoms with Crippen molar-refractivity contribution in [2.75, 3.05) is 0 Å². The molecular weight excluding hydrogens is 344 g/mol. The number of carboxylic acids is 1. The van der Waals surface area contributed by atoms with Crippen LogP contribution in [0.2, 0.25) is 0 Å². The minimum absolute atomic E-state index is 0.0633. The Balaban J connectivity index is 2.23. The van der Waals surface area contributed by atoms with Crippen LogP contribution in [0.25, 0.3) is 10.9 Å². The first-order valence-electron chi connectivity index (χ1n) is 8.60. The van der Waals surface area contributed by atoms with E-state index in [-0.39, 0.29) is 18.4 Å². The summed E-state index contributed by atoms with van der Waals surface area (Å²) in [6.45, 7) is 2.30. The number of primary amides is 1. The molecule has 27 heavy (non-hydrogen) atoms. The van der Waals surface area contributed by atoms with Gasteiger partial charge in [-0.2, -0.15) is 0 Å². The number of rotatable bonds is 7. The maximum Gasteiger partial charge on any atom is 0.303 e. The predicted molar refractivity (Wildman–Crippen MR) is 102 cm³/mol. The Bertz CT molecular complexity index is 1040. The average molecular weight is 364 g/mol.